The van der Waals surface area contributed by atoms with Gasteiger partial charge >= 0.3 is 0 Å². The van der Waals surface area contributed by atoms with Crippen LogP contribution in [0.2, 0.25) is 0 Å². The molecule has 0 unspecified atom stereocenters. The monoisotopic (exact) mass is 351 g/mol. The fourth-order valence-corrected chi connectivity index (χ4v) is 3.83. The van der Waals surface area contributed by atoms with Crippen molar-refractivity contribution in [2.45, 2.75) is 31.9 Å². The fraction of sp³-hybridized carbons (Fsp3) is 0.429. The number of aromatic nitrogens is 1. The van der Waals surface area contributed by atoms with Gasteiger partial charge in [-0.25, -0.2) is 0 Å². The highest BCUT2D eigenvalue weighted by Crippen LogP contribution is 2.33. The first-order valence-electron chi connectivity index (χ1n) is 9.27. The summed E-state index contributed by atoms with van der Waals surface area (Å²) in [6.45, 7) is 5.71. The number of aryl methyl sites for hydroxylation is 1. The summed E-state index contributed by atoms with van der Waals surface area (Å²) in [5, 5.41) is 0. The van der Waals surface area contributed by atoms with Gasteiger partial charge in [0.05, 0.1) is 12.1 Å². The first-order chi connectivity index (χ1) is 12.6. The van der Waals surface area contributed by atoms with E-state index in [0.29, 0.717) is 6.54 Å². The minimum atomic E-state index is -0.216. The molecule has 2 aliphatic heterocycles. The maximum Gasteiger partial charge on any atom is 0.253 e. The molecule has 2 aliphatic rings. The van der Waals surface area contributed by atoms with Crippen LogP contribution in [0.4, 0.5) is 5.69 Å². The summed E-state index contributed by atoms with van der Waals surface area (Å²) in [7, 11) is 0. The van der Waals surface area contributed by atoms with Crippen LogP contribution in [0.15, 0.2) is 48.7 Å². The van der Waals surface area contributed by atoms with Gasteiger partial charge in [-0.1, -0.05) is 24.3 Å². The number of carbonyl (C=O) groups is 1. The summed E-state index contributed by atoms with van der Waals surface area (Å²) < 4.78 is 6.05. The number of anilines is 1. The van der Waals surface area contributed by atoms with Gasteiger partial charge in [0.25, 0.3) is 5.91 Å². The highest BCUT2D eigenvalue weighted by molar-refractivity contribution is 5.95. The number of pyridine rings is 1. The Morgan fingerprint density at radius 2 is 1.88 bits per heavy atom. The van der Waals surface area contributed by atoms with Gasteiger partial charge in [0.15, 0.2) is 0 Å². The van der Waals surface area contributed by atoms with Gasteiger partial charge in [0.2, 0.25) is 0 Å². The molecule has 0 aliphatic carbocycles. The van der Waals surface area contributed by atoms with E-state index in [-0.39, 0.29) is 18.1 Å². The van der Waals surface area contributed by atoms with Crippen LogP contribution < -0.4 is 4.90 Å². The number of nitrogens with zero attached hydrogens (tertiary/aromatic N) is 3. The van der Waals surface area contributed by atoms with Gasteiger partial charge in [-0.15, -0.1) is 0 Å². The minimum absolute atomic E-state index is 0.0509. The molecule has 3 heterocycles. The zero-order valence-electron chi connectivity index (χ0n) is 15.2. The predicted octanol–water partition coefficient (Wildman–Crippen LogP) is 2.79. The smallest absolute Gasteiger partial charge is 0.253 e. The molecule has 0 radical (unpaired) electrons. The van der Waals surface area contributed by atoms with E-state index in [2.05, 4.69) is 22.0 Å². The van der Waals surface area contributed by atoms with E-state index in [0.717, 1.165) is 43.9 Å². The molecule has 0 bridgehead atoms. The molecular weight excluding hydrogens is 326 g/mol. The SMILES string of the molecule is Cc1ccc(CN2CCC3(CC2)CN(c2ccccc2)C(=O)CO3)cn1. The Morgan fingerprint density at radius 1 is 1.12 bits per heavy atom. The third kappa shape index (κ3) is 3.64. The van der Waals surface area contributed by atoms with E-state index >= 15 is 0 Å². The lowest BCUT2D eigenvalue weighted by atomic mass is 9.89. The average Bonchev–Trinajstić information content (AvgIpc) is 2.68. The van der Waals surface area contributed by atoms with Crippen molar-refractivity contribution >= 4 is 11.6 Å². The van der Waals surface area contributed by atoms with Crippen molar-refractivity contribution in [3.63, 3.8) is 0 Å². The molecule has 0 atom stereocenters. The molecule has 0 N–H and O–H groups in total. The molecule has 2 aromatic rings. The normalized spacial score (nSPS) is 20.5. The average molecular weight is 351 g/mol. The molecule has 1 aromatic carbocycles. The lowest BCUT2D eigenvalue weighted by Gasteiger charge is -2.47. The number of para-hydroxylation sites is 1. The number of hydrogen-bond donors (Lipinski definition) is 0. The van der Waals surface area contributed by atoms with Crippen LogP contribution in [0.25, 0.3) is 0 Å². The van der Waals surface area contributed by atoms with Crippen LogP contribution in [-0.4, -0.2) is 47.6 Å². The second kappa shape index (κ2) is 7.17. The van der Waals surface area contributed by atoms with E-state index in [1.807, 2.05) is 48.4 Å². The summed E-state index contributed by atoms with van der Waals surface area (Å²) in [5.41, 5.74) is 3.05. The van der Waals surface area contributed by atoms with Gasteiger partial charge in [0, 0.05) is 37.2 Å². The van der Waals surface area contributed by atoms with Crippen LogP contribution in [0.1, 0.15) is 24.1 Å². The second-order valence-corrected chi connectivity index (χ2v) is 7.37. The first-order valence-corrected chi connectivity index (χ1v) is 9.27. The Kier molecular flexibility index (Phi) is 4.74. The van der Waals surface area contributed by atoms with Gasteiger partial charge in [-0.3, -0.25) is 14.7 Å². The van der Waals surface area contributed by atoms with Crippen LogP contribution in [0.5, 0.6) is 0 Å². The highest BCUT2D eigenvalue weighted by Gasteiger charge is 2.42. The number of rotatable bonds is 3. The Morgan fingerprint density at radius 3 is 2.58 bits per heavy atom. The predicted molar refractivity (Wildman–Crippen MR) is 101 cm³/mol. The van der Waals surface area contributed by atoms with Crippen molar-refractivity contribution in [1.29, 1.82) is 0 Å². The van der Waals surface area contributed by atoms with Crippen molar-refractivity contribution in [3.8, 4) is 0 Å². The molecule has 26 heavy (non-hydrogen) atoms. The second-order valence-electron chi connectivity index (χ2n) is 7.37. The van der Waals surface area contributed by atoms with Gasteiger partial charge in [-0.2, -0.15) is 0 Å². The fourth-order valence-electron chi connectivity index (χ4n) is 3.83. The summed E-state index contributed by atoms with van der Waals surface area (Å²) in [5.74, 6) is 0.0509. The topological polar surface area (TPSA) is 45.7 Å². The van der Waals surface area contributed by atoms with E-state index in [1.54, 1.807) is 0 Å². The molecule has 0 saturated carbocycles. The molecule has 1 spiro atoms. The first kappa shape index (κ1) is 17.2. The summed E-state index contributed by atoms with van der Waals surface area (Å²) in [6, 6.07) is 14.1. The van der Waals surface area contributed by atoms with E-state index in [1.165, 1.54) is 5.56 Å². The quantitative estimate of drug-likeness (QED) is 0.853. The number of morpholine rings is 1. The van der Waals surface area contributed by atoms with E-state index in [4.69, 9.17) is 4.74 Å². The third-order valence-corrected chi connectivity index (χ3v) is 5.46. The zero-order valence-corrected chi connectivity index (χ0v) is 15.2. The summed E-state index contributed by atoms with van der Waals surface area (Å²) >= 11 is 0. The number of hydrogen-bond acceptors (Lipinski definition) is 4. The lowest BCUT2D eigenvalue weighted by Crippen LogP contribution is -2.58. The highest BCUT2D eigenvalue weighted by atomic mass is 16.5. The Balaban J connectivity index is 1.40. The maximum absolute atomic E-state index is 12.3. The maximum atomic E-state index is 12.3. The molecule has 2 fully saturated rings. The van der Waals surface area contributed by atoms with Crippen LogP contribution in [0, 0.1) is 6.92 Å². The molecule has 1 amide bonds. The molecule has 5 heteroatoms. The number of amides is 1. The van der Waals surface area contributed by atoms with Gasteiger partial charge in [-0.05, 0) is 43.5 Å². The molecule has 5 nitrogen and oxygen atoms in total. The van der Waals surface area contributed by atoms with Crippen molar-refractivity contribution in [2.24, 2.45) is 0 Å². The van der Waals surface area contributed by atoms with Gasteiger partial charge < -0.3 is 9.64 Å². The molecule has 2 saturated heterocycles. The number of piperidine rings is 1. The van der Waals surface area contributed by atoms with Crippen molar-refractivity contribution in [2.75, 3.05) is 31.1 Å². The van der Waals surface area contributed by atoms with Crippen LogP contribution in [0.3, 0.4) is 0 Å². The lowest BCUT2D eigenvalue weighted by molar-refractivity contribution is -0.144. The zero-order chi connectivity index (χ0) is 18.0. The number of ether oxygens (including phenoxy) is 1. The minimum Gasteiger partial charge on any atom is -0.363 e. The van der Waals surface area contributed by atoms with Crippen molar-refractivity contribution in [3.05, 3.63) is 59.9 Å². The van der Waals surface area contributed by atoms with Crippen LogP contribution in [-0.2, 0) is 16.1 Å². The molecular formula is C21H25N3O2. The van der Waals surface area contributed by atoms with E-state index < -0.39 is 0 Å². The third-order valence-electron chi connectivity index (χ3n) is 5.46. The number of likely N-dealkylation sites (tertiary alicyclic amines) is 1. The van der Waals surface area contributed by atoms with Crippen LogP contribution >= 0.6 is 0 Å². The molecule has 136 valence electrons. The van der Waals surface area contributed by atoms with Crippen molar-refractivity contribution < 1.29 is 9.53 Å². The number of benzene rings is 1. The molecule has 1 aromatic heterocycles. The van der Waals surface area contributed by atoms with Crippen molar-refractivity contribution in [1.82, 2.24) is 9.88 Å². The summed E-state index contributed by atoms with van der Waals surface area (Å²) in [6.07, 6.45) is 3.86. The largest absolute Gasteiger partial charge is 0.363 e. The van der Waals surface area contributed by atoms with Gasteiger partial charge in [0.1, 0.15) is 6.61 Å². The van der Waals surface area contributed by atoms with E-state index in [9.17, 15) is 4.79 Å². The number of carbonyl (C=O) groups excluding carboxylic acids is 1. The standard InChI is InChI=1S/C21H25N3O2/c1-17-7-8-18(13-22-17)14-23-11-9-21(10-12-23)16-24(20(25)15-26-21)19-5-3-2-4-6-19/h2-8,13H,9-12,14-16H2,1H3. The summed E-state index contributed by atoms with van der Waals surface area (Å²) in [4.78, 5) is 21.1. The Labute approximate surface area is 154 Å². The Hall–Kier alpha value is -2.24. The Bertz CT molecular complexity index is 753. The molecule has 4 rings (SSSR count).